The van der Waals surface area contributed by atoms with Crippen LogP contribution >= 0.6 is 0 Å². The van der Waals surface area contributed by atoms with Crippen LogP contribution in [0.15, 0.2) is 11.6 Å². The number of likely N-dealkylation sites (N-methyl/N-ethyl adjacent to an activating group) is 1. The van der Waals surface area contributed by atoms with E-state index in [1.165, 1.54) is 11.8 Å². The van der Waals surface area contributed by atoms with Crippen molar-refractivity contribution in [3.8, 4) is 0 Å². The van der Waals surface area contributed by atoms with E-state index < -0.39 is 10.0 Å². The topological polar surface area (TPSA) is 49.4 Å². The predicted octanol–water partition coefficient (Wildman–Crippen LogP) is 0.188. The van der Waals surface area contributed by atoms with Crippen LogP contribution in [0.3, 0.4) is 0 Å². The van der Waals surface area contributed by atoms with Crippen molar-refractivity contribution in [3.05, 3.63) is 11.6 Å². The molecule has 5 heteroatoms. The largest absolute Gasteiger partial charge is 0.299 e. The second kappa shape index (κ2) is 4.91. The van der Waals surface area contributed by atoms with E-state index >= 15 is 0 Å². The first-order valence-electron chi connectivity index (χ1n) is 4.86. The summed E-state index contributed by atoms with van der Waals surface area (Å²) in [5, 5.41) is 0. The predicted molar refractivity (Wildman–Crippen MR) is 57.7 cm³/mol. The first-order chi connectivity index (χ1) is 6.51. The minimum Gasteiger partial charge on any atom is -0.299 e. The summed E-state index contributed by atoms with van der Waals surface area (Å²) in [6, 6.07) is 0. The van der Waals surface area contributed by atoms with E-state index in [1.807, 2.05) is 0 Å². The molecule has 14 heavy (non-hydrogen) atoms. The van der Waals surface area contributed by atoms with E-state index in [9.17, 15) is 8.42 Å². The maximum Gasteiger partial charge on any atom is 0.208 e. The van der Waals surface area contributed by atoms with Gasteiger partial charge in [-0.15, -0.1) is 0 Å². The summed E-state index contributed by atoms with van der Waals surface area (Å²) >= 11 is 0. The normalized spacial score (nSPS) is 19.4. The molecule has 1 N–H and O–H groups in total. The number of hydrogen-bond donors (Lipinski definition) is 1. The molecule has 0 saturated heterocycles. The van der Waals surface area contributed by atoms with Crippen LogP contribution in [0.25, 0.3) is 0 Å². The van der Waals surface area contributed by atoms with Crippen molar-refractivity contribution in [1.29, 1.82) is 0 Å². The SMILES string of the molecule is CCN1CCC=C(CNS(C)(=O)=O)C1. The summed E-state index contributed by atoms with van der Waals surface area (Å²) in [5.41, 5.74) is 1.17. The van der Waals surface area contributed by atoms with Gasteiger partial charge in [-0.2, -0.15) is 0 Å². The van der Waals surface area contributed by atoms with Crippen LogP contribution in [0, 0.1) is 0 Å². The quantitative estimate of drug-likeness (QED) is 0.685. The van der Waals surface area contributed by atoms with Crippen molar-refractivity contribution < 1.29 is 8.42 Å². The van der Waals surface area contributed by atoms with Crippen molar-refractivity contribution in [2.24, 2.45) is 0 Å². The molecular weight excluding hydrogens is 200 g/mol. The van der Waals surface area contributed by atoms with Crippen LogP contribution in [0.4, 0.5) is 0 Å². The number of sulfonamides is 1. The maximum atomic E-state index is 10.9. The number of nitrogens with one attached hydrogen (secondary N) is 1. The van der Waals surface area contributed by atoms with Gasteiger partial charge in [0, 0.05) is 19.6 Å². The van der Waals surface area contributed by atoms with E-state index in [0.29, 0.717) is 6.54 Å². The Morgan fingerprint density at radius 3 is 2.86 bits per heavy atom. The third kappa shape index (κ3) is 4.21. The van der Waals surface area contributed by atoms with E-state index in [1.54, 1.807) is 0 Å². The lowest BCUT2D eigenvalue weighted by Crippen LogP contribution is -2.34. The summed E-state index contributed by atoms with van der Waals surface area (Å²) in [4.78, 5) is 2.30. The van der Waals surface area contributed by atoms with E-state index in [2.05, 4.69) is 22.6 Å². The molecule has 1 heterocycles. The van der Waals surface area contributed by atoms with Gasteiger partial charge >= 0.3 is 0 Å². The smallest absolute Gasteiger partial charge is 0.208 e. The van der Waals surface area contributed by atoms with Gasteiger partial charge in [0.1, 0.15) is 0 Å². The standard InChI is InChI=1S/C9H18N2O2S/c1-3-11-6-4-5-9(8-11)7-10-14(2,12)13/h5,10H,3-4,6-8H2,1-2H3. The highest BCUT2D eigenvalue weighted by molar-refractivity contribution is 7.88. The molecule has 0 spiro atoms. The lowest BCUT2D eigenvalue weighted by molar-refractivity contribution is 0.304. The Hall–Kier alpha value is -0.390. The third-order valence-electron chi connectivity index (χ3n) is 2.31. The van der Waals surface area contributed by atoms with Crippen LogP contribution in [-0.2, 0) is 10.0 Å². The highest BCUT2D eigenvalue weighted by atomic mass is 32.2. The van der Waals surface area contributed by atoms with Gasteiger partial charge in [0.2, 0.25) is 10.0 Å². The lowest BCUT2D eigenvalue weighted by atomic mass is 10.1. The molecule has 1 aliphatic heterocycles. The first-order valence-corrected chi connectivity index (χ1v) is 6.75. The molecule has 0 unspecified atom stereocenters. The fourth-order valence-corrected chi connectivity index (χ4v) is 1.95. The Bertz CT molecular complexity index is 309. The van der Waals surface area contributed by atoms with Gasteiger partial charge in [-0.05, 0) is 18.5 Å². The maximum absolute atomic E-state index is 10.9. The minimum atomic E-state index is -3.06. The van der Waals surface area contributed by atoms with Crippen LogP contribution in [0.1, 0.15) is 13.3 Å². The molecule has 0 radical (unpaired) electrons. The fourth-order valence-electron chi connectivity index (χ4n) is 1.50. The Labute approximate surface area is 86.0 Å². The fraction of sp³-hybridized carbons (Fsp3) is 0.778. The summed E-state index contributed by atoms with van der Waals surface area (Å²) in [6.45, 7) is 5.57. The van der Waals surface area contributed by atoms with E-state index in [0.717, 1.165) is 26.1 Å². The Morgan fingerprint density at radius 1 is 1.57 bits per heavy atom. The number of hydrogen-bond acceptors (Lipinski definition) is 3. The molecule has 1 aliphatic rings. The summed E-state index contributed by atoms with van der Waals surface area (Å²) in [6.07, 6.45) is 4.34. The average Bonchev–Trinajstić information content (AvgIpc) is 2.14. The highest BCUT2D eigenvalue weighted by Crippen LogP contribution is 2.08. The van der Waals surface area contributed by atoms with Crippen molar-refractivity contribution in [2.45, 2.75) is 13.3 Å². The van der Waals surface area contributed by atoms with Crippen LogP contribution in [0.2, 0.25) is 0 Å². The molecule has 82 valence electrons. The van der Waals surface area contributed by atoms with E-state index in [-0.39, 0.29) is 0 Å². The van der Waals surface area contributed by atoms with Crippen molar-refractivity contribution >= 4 is 10.0 Å². The number of nitrogens with zero attached hydrogens (tertiary/aromatic N) is 1. The summed E-state index contributed by atoms with van der Waals surface area (Å²) in [7, 11) is -3.06. The Morgan fingerprint density at radius 2 is 2.29 bits per heavy atom. The zero-order valence-electron chi connectivity index (χ0n) is 8.78. The highest BCUT2D eigenvalue weighted by Gasteiger charge is 2.11. The third-order valence-corrected chi connectivity index (χ3v) is 2.98. The van der Waals surface area contributed by atoms with Gasteiger partial charge in [-0.25, -0.2) is 13.1 Å². The zero-order valence-corrected chi connectivity index (χ0v) is 9.60. The molecule has 0 aromatic carbocycles. The second-order valence-corrected chi connectivity index (χ2v) is 5.45. The second-order valence-electron chi connectivity index (χ2n) is 3.61. The lowest BCUT2D eigenvalue weighted by Gasteiger charge is -2.25. The van der Waals surface area contributed by atoms with E-state index in [4.69, 9.17) is 0 Å². The summed E-state index contributed by atoms with van der Waals surface area (Å²) < 4.78 is 24.3. The molecule has 0 fully saturated rings. The molecule has 1 rings (SSSR count). The van der Waals surface area contributed by atoms with Crippen molar-refractivity contribution in [1.82, 2.24) is 9.62 Å². The Balaban J connectivity index is 2.42. The van der Waals surface area contributed by atoms with Crippen molar-refractivity contribution in [2.75, 3.05) is 32.4 Å². The monoisotopic (exact) mass is 218 g/mol. The molecular formula is C9H18N2O2S. The molecule has 0 aliphatic carbocycles. The minimum absolute atomic E-state index is 0.454. The van der Waals surface area contributed by atoms with Gasteiger partial charge in [0.15, 0.2) is 0 Å². The molecule has 0 amide bonds. The first kappa shape index (κ1) is 11.7. The molecule has 0 aromatic heterocycles. The average molecular weight is 218 g/mol. The Kier molecular flexibility index (Phi) is 4.10. The van der Waals surface area contributed by atoms with Gasteiger partial charge in [0.25, 0.3) is 0 Å². The van der Waals surface area contributed by atoms with Gasteiger partial charge in [0.05, 0.1) is 6.26 Å². The molecule has 0 atom stereocenters. The summed E-state index contributed by atoms with van der Waals surface area (Å²) in [5.74, 6) is 0. The van der Waals surface area contributed by atoms with Gasteiger partial charge < -0.3 is 0 Å². The molecule has 0 saturated carbocycles. The van der Waals surface area contributed by atoms with Gasteiger partial charge in [-0.3, -0.25) is 4.90 Å². The van der Waals surface area contributed by atoms with Gasteiger partial charge in [-0.1, -0.05) is 13.0 Å². The molecule has 0 bridgehead atoms. The number of rotatable bonds is 4. The molecule has 0 aromatic rings. The molecule has 4 nitrogen and oxygen atoms in total. The van der Waals surface area contributed by atoms with Crippen molar-refractivity contribution in [3.63, 3.8) is 0 Å². The van der Waals surface area contributed by atoms with Crippen LogP contribution in [0.5, 0.6) is 0 Å². The van der Waals surface area contributed by atoms with Crippen LogP contribution in [-0.4, -0.2) is 45.8 Å². The van der Waals surface area contributed by atoms with Crippen LogP contribution < -0.4 is 4.72 Å². The zero-order chi connectivity index (χ0) is 10.6.